The largest absolute Gasteiger partial charge is 0.508 e. The number of rotatable bonds is 3. The lowest BCUT2D eigenvalue weighted by Crippen LogP contribution is -2.33. The zero-order valence-corrected chi connectivity index (χ0v) is 19.9. The van der Waals surface area contributed by atoms with Crippen LogP contribution in [0.15, 0.2) is 59.7 Å². The van der Waals surface area contributed by atoms with E-state index in [0.29, 0.717) is 28.7 Å². The summed E-state index contributed by atoms with van der Waals surface area (Å²) in [4.78, 5) is 24.1. The highest BCUT2D eigenvalue weighted by Gasteiger charge is 2.55. The molecule has 198 valence electrons. The van der Waals surface area contributed by atoms with Gasteiger partial charge in [-0.2, -0.15) is 8.78 Å². The van der Waals surface area contributed by atoms with Crippen LogP contribution >= 0.6 is 0 Å². The van der Waals surface area contributed by atoms with Gasteiger partial charge in [-0.3, -0.25) is 0 Å². The van der Waals surface area contributed by atoms with E-state index in [2.05, 4.69) is 0 Å². The number of halogens is 4. The summed E-state index contributed by atoms with van der Waals surface area (Å²) in [5.41, 5.74) is -1.51. The molecule has 3 aromatic carbocycles. The first-order valence-electron chi connectivity index (χ1n) is 11.6. The van der Waals surface area contributed by atoms with Crippen molar-refractivity contribution in [3.8, 4) is 28.7 Å². The van der Waals surface area contributed by atoms with Crippen molar-refractivity contribution in [3.05, 3.63) is 99.7 Å². The van der Waals surface area contributed by atoms with Crippen molar-refractivity contribution < 1.29 is 51.6 Å². The molecule has 0 radical (unpaired) electrons. The first kappa shape index (κ1) is 24.5. The van der Waals surface area contributed by atoms with Gasteiger partial charge in [-0.1, -0.05) is 19.1 Å². The zero-order chi connectivity index (χ0) is 27.8. The second-order valence-electron chi connectivity index (χ2n) is 9.24. The van der Waals surface area contributed by atoms with Crippen molar-refractivity contribution in [3.63, 3.8) is 0 Å². The van der Waals surface area contributed by atoms with E-state index >= 15 is 0 Å². The molecule has 0 fully saturated rings. The lowest BCUT2D eigenvalue weighted by Gasteiger charge is -2.37. The minimum Gasteiger partial charge on any atom is -0.508 e. The third kappa shape index (κ3) is 3.35. The molecule has 1 aliphatic carbocycles. The van der Waals surface area contributed by atoms with E-state index in [9.17, 15) is 32.3 Å². The molecule has 1 spiro atoms. The first-order chi connectivity index (χ1) is 18.5. The zero-order valence-electron chi connectivity index (χ0n) is 19.9. The minimum atomic E-state index is -2.20. The van der Waals surface area contributed by atoms with Crippen molar-refractivity contribution in [2.24, 2.45) is 5.92 Å². The number of carboxylic acid groups (broad SMARTS) is 1. The minimum absolute atomic E-state index is 0.00249. The number of carbonyl (C=O) groups excluding carboxylic acids is 1. The van der Waals surface area contributed by atoms with Crippen LogP contribution in [0.1, 0.15) is 34.8 Å². The summed E-state index contributed by atoms with van der Waals surface area (Å²) in [6.45, 7) is 1.88. The Kier molecular flexibility index (Phi) is 5.25. The normalized spacial score (nSPS) is 20.7. The number of carboxylic acids is 1. The molecule has 39 heavy (non-hydrogen) atoms. The van der Waals surface area contributed by atoms with E-state index in [1.165, 1.54) is 24.3 Å². The molecule has 3 aliphatic rings. The molecule has 0 saturated carbocycles. The first-order valence-corrected chi connectivity index (χ1v) is 11.6. The third-order valence-electron chi connectivity index (χ3n) is 6.96. The van der Waals surface area contributed by atoms with E-state index in [4.69, 9.17) is 19.3 Å². The Balaban J connectivity index is 1.51. The molecule has 2 N–H and O–H groups in total. The number of ether oxygens (including phenoxy) is 3. The van der Waals surface area contributed by atoms with Gasteiger partial charge < -0.3 is 24.4 Å². The molecule has 0 saturated heterocycles. The van der Waals surface area contributed by atoms with Crippen LogP contribution in [0.3, 0.4) is 0 Å². The monoisotopic (exact) mass is 540 g/mol. The molecule has 0 amide bonds. The van der Waals surface area contributed by atoms with Gasteiger partial charge in [-0.05, 0) is 36.6 Å². The molecule has 2 aliphatic heterocycles. The number of carbonyl (C=O) groups is 2. The summed E-state index contributed by atoms with van der Waals surface area (Å²) in [6.07, 6.45) is 4.29. The molecule has 2 heterocycles. The summed E-state index contributed by atoms with van der Waals surface area (Å²) >= 11 is 0. The molecule has 3 aromatic rings. The van der Waals surface area contributed by atoms with Gasteiger partial charge in [0.05, 0.1) is 0 Å². The number of allylic oxidation sites excluding steroid dienone is 1. The Bertz CT molecular complexity index is 1660. The van der Waals surface area contributed by atoms with Gasteiger partial charge in [0.2, 0.25) is 17.4 Å². The van der Waals surface area contributed by atoms with Crippen LogP contribution < -0.4 is 9.47 Å². The summed E-state index contributed by atoms with van der Waals surface area (Å²) in [5, 5.41) is 19.0. The van der Waals surface area contributed by atoms with Crippen molar-refractivity contribution >= 4 is 11.9 Å². The number of benzene rings is 3. The summed E-state index contributed by atoms with van der Waals surface area (Å²) in [7, 11) is 0. The quantitative estimate of drug-likeness (QED) is 0.230. The second kappa shape index (κ2) is 8.35. The smallest absolute Gasteiger partial charge is 0.341 e. The van der Waals surface area contributed by atoms with Crippen molar-refractivity contribution in [2.45, 2.75) is 18.9 Å². The molecular weight excluding hydrogens is 524 g/mol. The number of hydrogen-bond donors (Lipinski definition) is 2. The topological polar surface area (TPSA) is 102 Å². The van der Waals surface area contributed by atoms with E-state index < -0.39 is 52.1 Å². The number of phenols is 1. The maximum absolute atomic E-state index is 14.5. The van der Waals surface area contributed by atoms with E-state index in [1.54, 1.807) is 12.1 Å². The van der Waals surface area contributed by atoms with Gasteiger partial charge in [-0.15, -0.1) is 0 Å². The molecular formula is C28H16F4O7. The van der Waals surface area contributed by atoms with Crippen LogP contribution in [0.5, 0.6) is 28.7 Å². The van der Waals surface area contributed by atoms with Gasteiger partial charge >= 0.3 is 11.9 Å². The SMILES string of the molecule is CC1CC=CC2=C1C(=O)OC21c2ccc(O)cc2Oc2cc(Oc3c(F)c(F)c(C(=O)O)c(F)c3F)ccc21. The van der Waals surface area contributed by atoms with Crippen molar-refractivity contribution in [1.29, 1.82) is 0 Å². The van der Waals surface area contributed by atoms with Crippen LogP contribution in [0.2, 0.25) is 0 Å². The maximum Gasteiger partial charge on any atom is 0.341 e. The van der Waals surface area contributed by atoms with Crippen LogP contribution in [-0.2, 0) is 15.1 Å². The highest BCUT2D eigenvalue weighted by Crippen LogP contribution is 2.59. The number of aromatic hydroxyl groups is 1. The molecule has 7 nitrogen and oxygen atoms in total. The fourth-order valence-corrected chi connectivity index (χ4v) is 5.23. The van der Waals surface area contributed by atoms with E-state index in [1.807, 2.05) is 13.0 Å². The molecule has 6 rings (SSSR count). The highest BCUT2D eigenvalue weighted by atomic mass is 19.2. The Morgan fingerprint density at radius 2 is 1.64 bits per heavy atom. The molecule has 11 heteroatoms. The molecule has 0 aromatic heterocycles. The van der Waals surface area contributed by atoms with Gasteiger partial charge in [0.15, 0.2) is 17.2 Å². The van der Waals surface area contributed by atoms with Gasteiger partial charge in [0.25, 0.3) is 0 Å². The average Bonchev–Trinajstić information content (AvgIpc) is 3.18. The van der Waals surface area contributed by atoms with E-state index in [-0.39, 0.29) is 28.9 Å². The summed E-state index contributed by atoms with van der Waals surface area (Å²) < 4.78 is 74.6. The molecule has 2 atom stereocenters. The van der Waals surface area contributed by atoms with Gasteiger partial charge in [-0.25, -0.2) is 18.4 Å². The standard InChI is InChI=1S/C28H16F4O7/c1-11-3-2-4-16-19(11)27(36)39-28(16)14-7-5-12(33)9-17(14)38-18-10-13(6-8-15(18)28)37-25-23(31)21(29)20(26(34)35)22(30)24(25)32/h2,4-11,33H,3H2,1H3,(H,34,35). The molecule has 0 bridgehead atoms. The predicted octanol–water partition coefficient (Wildman–Crippen LogP) is 6.24. The Morgan fingerprint density at radius 1 is 1.00 bits per heavy atom. The lowest BCUT2D eigenvalue weighted by molar-refractivity contribution is -0.145. The lowest BCUT2D eigenvalue weighted by atomic mass is 9.74. The van der Waals surface area contributed by atoms with Crippen LogP contribution in [0, 0.1) is 29.2 Å². The van der Waals surface area contributed by atoms with Crippen LogP contribution in [0.25, 0.3) is 0 Å². The summed E-state index contributed by atoms with van der Waals surface area (Å²) in [5.74, 6) is -13.1. The van der Waals surface area contributed by atoms with E-state index in [0.717, 1.165) is 6.07 Å². The fourth-order valence-electron chi connectivity index (χ4n) is 5.23. The number of fused-ring (bicyclic) bond motifs is 5. The van der Waals surface area contributed by atoms with Crippen LogP contribution in [-0.4, -0.2) is 22.2 Å². The Hall–Kier alpha value is -4.80. The Labute approximate surface area is 217 Å². The third-order valence-corrected chi connectivity index (χ3v) is 6.96. The number of esters is 1. The predicted molar refractivity (Wildman–Crippen MR) is 125 cm³/mol. The second-order valence-corrected chi connectivity index (χ2v) is 9.24. The van der Waals surface area contributed by atoms with Gasteiger partial charge in [0, 0.05) is 34.4 Å². The highest BCUT2D eigenvalue weighted by molar-refractivity contribution is 5.96. The van der Waals surface area contributed by atoms with Crippen molar-refractivity contribution in [2.75, 3.05) is 0 Å². The number of aromatic carboxylic acids is 1. The summed E-state index contributed by atoms with van der Waals surface area (Å²) in [6, 6.07) is 8.04. The maximum atomic E-state index is 14.5. The Morgan fingerprint density at radius 3 is 2.31 bits per heavy atom. The number of phenolic OH excluding ortho intramolecular Hbond substituents is 1. The number of hydrogen-bond acceptors (Lipinski definition) is 6. The van der Waals surface area contributed by atoms with Crippen LogP contribution in [0.4, 0.5) is 17.6 Å². The van der Waals surface area contributed by atoms with Crippen molar-refractivity contribution in [1.82, 2.24) is 0 Å². The van der Waals surface area contributed by atoms with Gasteiger partial charge in [0.1, 0.15) is 28.6 Å². The molecule has 2 unspecified atom stereocenters. The fraction of sp³-hybridized carbons (Fsp3) is 0.143. The average molecular weight is 540 g/mol.